The van der Waals surface area contributed by atoms with Crippen LogP contribution in [-0.4, -0.2) is 36.0 Å². The molecule has 0 unspecified atom stereocenters. The van der Waals surface area contributed by atoms with Gasteiger partial charge in [-0.25, -0.2) is 9.97 Å². The van der Waals surface area contributed by atoms with Gasteiger partial charge in [-0.3, -0.25) is 0 Å². The normalized spacial score (nSPS) is 7.33. The topological polar surface area (TPSA) is 55.0 Å². The summed E-state index contributed by atoms with van der Waals surface area (Å²) in [5.74, 6) is 0. The summed E-state index contributed by atoms with van der Waals surface area (Å²) in [5.41, 5.74) is 6.70. The summed E-state index contributed by atoms with van der Waals surface area (Å²) in [6.45, 7) is 11.7. The van der Waals surface area contributed by atoms with E-state index in [2.05, 4.69) is 36.1 Å². The maximum Gasteiger partial charge on any atom is 0.115 e. The van der Waals surface area contributed by atoms with Gasteiger partial charge >= 0.3 is 0 Å². The molecule has 0 aromatic carbocycles. The van der Waals surface area contributed by atoms with Gasteiger partial charge in [0.25, 0.3) is 0 Å². The summed E-state index contributed by atoms with van der Waals surface area (Å²) in [6.07, 6.45) is 6.37. The monoisotopic (exact) mass is 254 g/mol. The van der Waals surface area contributed by atoms with Crippen molar-refractivity contribution in [1.82, 2.24) is 14.9 Å². The first-order valence-corrected chi connectivity index (χ1v) is 6.09. The highest BCUT2D eigenvalue weighted by molar-refractivity contribution is 5.10. The van der Waals surface area contributed by atoms with Gasteiger partial charge in [-0.15, -0.1) is 0 Å². The van der Waals surface area contributed by atoms with Crippen LogP contribution in [0, 0.1) is 13.8 Å². The maximum atomic E-state index is 4.50. The van der Waals surface area contributed by atoms with Crippen LogP contribution in [-0.2, 0) is 0 Å². The lowest BCUT2D eigenvalue weighted by Crippen LogP contribution is -1.97. The summed E-state index contributed by atoms with van der Waals surface area (Å²) in [6, 6.07) is 0. The van der Waals surface area contributed by atoms with Crippen LogP contribution in [0.5, 0.6) is 0 Å². The number of aryl methyl sites for hydroxylation is 2. The van der Waals surface area contributed by atoms with Gasteiger partial charge in [-0.2, -0.15) is 0 Å². The fraction of sp³-hybridized carbons (Fsp3) is 0.571. The van der Waals surface area contributed by atoms with Gasteiger partial charge in [0.1, 0.15) is 6.33 Å². The SMILES string of the molecule is C=CN(C)C.CCC.CN.Cc1cncnc1C. The Morgan fingerprint density at radius 1 is 1.28 bits per heavy atom. The van der Waals surface area contributed by atoms with E-state index in [0.29, 0.717) is 0 Å². The minimum absolute atomic E-state index is 1.06. The molecule has 0 aliphatic heterocycles. The number of hydrogen-bond donors (Lipinski definition) is 1. The molecule has 0 aliphatic carbocycles. The predicted octanol–water partition coefficient (Wildman–Crippen LogP) is 2.78. The largest absolute Gasteiger partial charge is 0.384 e. The number of aromatic nitrogens is 2. The fourth-order valence-corrected chi connectivity index (χ4v) is 0.460. The van der Waals surface area contributed by atoms with Crippen molar-refractivity contribution < 1.29 is 0 Å². The van der Waals surface area contributed by atoms with E-state index in [0.717, 1.165) is 11.3 Å². The molecule has 0 atom stereocenters. The zero-order chi connectivity index (χ0) is 15.0. The van der Waals surface area contributed by atoms with Gasteiger partial charge in [-0.1, -0.05) is 26.8 Å². The number of nitrogens with zero attached hydrogens (tertiary/aromatic N) is 3. The summed E-state index contributed by atoms with van der Waals surface area (Å²) >= 11 is 0. The van der Waals surface area contributed by atoms with E-state index in [1.807, 2.05) is 39.0 Å². The van der Waals surface area contributed by atoms with E-state index in [1.165, 1.54) is 13.5 Å². The lowest BCUT2D eigenvalue weighted by Gasteiger charge is -1.98. The molecular weight excluding hydrogens is 224 g/mol. The van der Waals surface area contributed by atoms with Gasteiger partial charge in [-0.05, 0) is 32.7 Å². The van der Waals surface area contributed by atoms with Crippen LogP contribution in [0.15, 0.2) is 25.3 Å². The van der Waals surface area contributed by atoms with Crippen molar-refractivity contribution in [2.45, 2.75) is 34.1 Å². The average Bonchev–Trinajstić information content (AvgIpc) is 2.37. The Balaban J connectivity index is -0.000000196. The smallest absolute Gasteiger partial charge is 0.115 e. The molecule has 18 heavy (non-hydrogen) atoms. The lowest BCUT2D eigenvalue weighted by atomic mass is 10.3. The number of rotatable bonds is 1. The van der Waals surface area contributed by atoms with E-state index in [-0.39, 0.29) is 0 Å². The van der Waals surface area contributed by atoms with E-state index >= 15 is 0 Å². The van der Waals surface area contributed by atoms with E-state index < -0.39 is 0 Å². The van der Waals surface area contributed by atoms with Gasteiger partial charge in [0.2, 0.25) is 0 Å². The number of nitrogens with two attached hydrogens (primary N) is 1. The van der Waals surface area contributed by atoms with Crippen molar-refractivity contribution in [2.24, 2.45) is 5.73 Å². The Morgan fingerprint density at radius 2 is 1.67 bits per heavy atom. The Hall–Kier alpha value is -1.42. The van der Waals surface area contributed by atoms with Gasteiger partial charge < -0.3 is 10.6 Å². The van der Waals surface area contributed by atoms with Crippen molar-refractivity contribution >= 4 is 0 Å². The molecule has 0 fully saturated rings. The van der Waals surface area contributed by atoms with Crippen molar-refractivity contribution in [3.8, 4) is 0 Å². The second-order valence-electron chi connectivity index (χ2n) is 3.64. The van der Waals surface area contributed by atoms with Crippen LogP contribution in [0.4, 0.5) is 0 Å². The third-order valence-electron chi connectivity index (χ3n) is 1.52. The molecular formula is C14H30N4. The molecule has 0 aliphatic rings. The van der Waals surface area contributed by atoms with Crippen molar-refractivity contribution in [3.63, 3.8) is 0 Å². The first-order valence-electron chi connectivity index (χ1n) is 6.09. The van der Waals surface area contributed by atoms with Gasteiger partial charge in [0.05, 0.1) is 0 Å². The average molecular weight is 254 g/mol. The second kappa shape index (κ2) is 18.0. The predicted molar refractivity (Wildman–Crippen MR) is 81.5 cm³/mol. The summed E-state index contributed by atoms with van der Waals surface area (Å²) < 4.78 is 0. The van der Waals surface area contributed by atoms with Crippen molar-refractivity contribution in [3.05, 3.63) is 36.6 Å². The highest BCUT2D eigenvalue weighted by atomic mass is 15.0. The molecule has 2 N–H and O–H groups in total. The first kappa shape index (κ1) is 21.8. The maximum absolute atomic E-state index is 4.50. The van der Waals surface area contributed by atoms with Crippen LogP contribution in [0.1, 0.15) is 31.5 Å². The highest BCUT2D eigenvalue weighted by Gasteiger charge is 1.86. The molecule has 0 saturated heterocycles. The minimum atomic E-state index is 1.06. The molecule has 1 rings (SSSR count). The number of hydrogen-bond acceptors (Lipinski definition) is 4. The van der Waals surface area contributed by atoms with Gasteiger partial charge in [0, 0.05) is 26.0 Å². The molecule has 4 nitrogen and oxygen atoms in total. The molecule has 106 valence electrons. The Labute approximate surface area is 113 Å². The van der Waals surface area contributed by atoms with Crippen LogP contribution in [0.3, 0.4) is 0 Å². The lowest BCUT2D eigenvalue weighted by molar-refractivity contribution is 0.566. The minimum Gasteiger partial charge on any atom is -0.384 e. The first-order chi connectivity index (χ1) is 8.49. The second-order valence-corrected chi connectivity index (χ2v) is 3.64. The third kappa shape index (κ3) is 20.1. The molecule has 1 heterocycles. The highest BCUT2D eigenvalue weighted by Crippen LogP contribution is 1.95. The molecule has 0 spiro atoms. The molecule has 0 amide bonds. The standard InChI is InChI=1S/C6H8N2.C4H9N.C3H8.CH5N/c1-5-3-7-4-8-6(5)2;1-4-5(2)3;1-3-2;1-2/h3-4H,1-2H3;4H,1H2,2-3H3;3H2,1-2H3;2H2,1H3. The Morgan fingerprint density at radius 3 is 1.83 bits per heavy atom. The molecule has 4 heteroatoms. The zero-order valence-electron chi connectivity index (χ0n) is 13.1. The summed E-state index contributed by atoms with van der Waals surface area (Å²) in [7, 11) is 5.38. The van der Waals surface area contributed by atoms with E-state index in [9.17, 15) is 0 Å². The quantitative estimate of drug-likeness (QED) is 0.837. The van der Waals surface area contributed by atoms with Crippen LogP contribution >= 0.6 is 0 Å². The zero-order valence-corrected chi connectivity index (χ0v) is 13.1. The van der Waals surface area contributed by atoms with E-state index in [1.54, 1.807) is 12.5 Å². The van der Waals surface area contributed by atoms with Crippen LogP contribution in [0.2, 0.25) is 0 Å². The molecule has 0 saturated carbocycles. The Bertz CT molecular complexity index is 251. The Kier molecular flexibility index (Phi) is 21.8. The van der Waals surface area contributed by atoms with Gasteiger partial charge in [0.15, 0.2) is 0 Å². The fourth-order valence-electron chi connectivity index (χ4n) is 0.460. The molecule has 0 radical (unpaired) electrons. The summed E-state index contributed by atoms with van der Waals surface area (Å²) in [4.78, 5) is 9.69. The van der Waals surface area contributed by atoms with Crippen molar-refractivity contribution in [1.29, 1.82) is 0 Å². The third-order valence-corrected chi connectivity index (χ3v) is 1.52. The molecule has 1 aromatic rings. The summed E-state index contributed by atoms with van der Waals surface area (Å²) in [5, 5.41) is 0. The molecule has 0 bridgehead atoms. The molecule has 1 aromatic heterocycles. The van der Waals surface area contributed by atoms with E-state index in [4.69, 9.17) is 0 Å². The van der Waals surface area contributed by atoms with Crippen LogP contribution < -0.4 is 5.73 Å². The van der Waals surface area contributed by atoms with Crippen molar-refractivity contribution in [2.75, 3.05) is 21.1 Å². The van der Waals surface area contributed by atoms with Crippen LogP contribution in [0.25, 0.3) is 0 Å².